The van der Waals surface area contributed by atoms with Crippen LogP contribution < -0.4 is 10.0 Å². The molecule has 164 valence electrons. The molecule has 1 unspecified atom stereocenters. The normalized spacial score (nSPS) is 12.7. The van der Waals surface area contributed by atoms with E-state index in [-0.39, 0.29) is 16.8 Å². The SMILES string of the molecule is CCC(C)NS(=O)(=O)c1ccc(C(=O)NCc2ccc(CN(CC)CC)cc2)cc1. The molecule has 30 heavy (non-hydrogen) atoms. The zero-order valence-electron chi connectivity index (χ0n) is 18.3. The van der Waals surface area contributed by atoms with Crippen molar-refractivity contribution in [2.45, 2.75) is 58.1 Å². The van der Waals surface area contributed by atoms with Gasteiger partial charge in [0.05, 0.1) is 4.90 Å². The van der Waals surface area contributed by atoms with E-state index in [0.29, 0.717) is 18.5 Å². The van der Waals surface area contributed by atoms with Crippen molar-refractivity contribution < 1.29 is 13.2 Å². The van der Waals surface area contributed by atoms with Crippen molar-refractivity contribution in [3.8, 4) is 0 Å². The summed E-state index contributed by atoms with van der Waals surface area (Å²) in [4.78, 5) is 14.9. The van der Waals surface area contributed by atoms with Crippen LogP contribution in [0.5, 0.6) is 0 Å². The van der Waals surface area contributed by atoms with Gasteiger partial charge in [-0.25, -0.2) is 13.1 Å². The summed E-state index contributed by atoms with van der Waals surface area (Å²) in [5.74, 6) is -0.235. The van der Waals surface area contributed by atoms with E-state index in [4.69, 9.17) is 0 Å². The fraction of sp³-hybridized carbons (Fsp3) is 0.435. The Balaban J connectivity index is 1.93. The zero-order chi connectivity index (χ0) is 22.1. The standard InChI is InChI=1S/C23H33N3O3S/c1-5-18(4)25-30(28,29)22-14-12-21(13-15-22)23(27)24-16-19-8-10-20(11-9-19)17-26(6-2)7-3/h8-15,18,25H,5-7,16-17H2,1-4H3,(H,24,27). The lowest BCUT2D eigenvalue weighted by Gasteiger charge is -2.18. The van der Waals surface area contributed by atoms with Gasteiger partial charge in [-0.2, -0.15) is 0 Å². The first-order valence-electron chi connectivity index (χ1n) is 10.5. The summed E-state index contributed by atoms with van der Waals surface area (Å²) in [6.07, 6.45) is 0.705. The van der Waals surface area contributed by atoms with Crippen LogP contribution >= 0.6 is 0 Å². The minimum absolute atomic E-state index is 0.142. The van der Waals surface area contributed by atoms with E-state index in [1.54, 1.807) is 0 Å². The second-order valence-electron chi connectivity index (χ2n) is 7.42. The van der Waals surface area contributed by atoms with Gasteiger partial charge in [-0.3, -0.25) is 9.69 Å². The summed E-state index contributed by atoms with van der Waals surface area (Å²) in [6.45, 7) is 11.4. The van der Waals surface area contributed by atoms with Gasteiger partial charge in [0.25, 0.3) is 5.91 Å². The molecule has 1 amide bonds. The van der Waals surface area contributed by atoms with Crippen LogP contribution in [0.4, 0.5) is 0 Å². The van der Waals surface area contributed by atoms with Gasteiger partial charge in [0.2, 0.25) is 10.0 Å². The van der Waals surface area contributed by atoms with Crippen molar-refractivity contribution in [3.63, 3.8) is 0 Å². The van der Waals surface area contributed by atoms with Crippen LogP contribution in [0.3, 0.4) is 0 Å². The minimum Gasteiger partial charge on any atom is -0.348 e. The summed E-state index contributed by atoms with van der Waals surface area (Å²) in [5, 5.41) is 2.88. The molecule has 0 radical (unpaired) electrons. The second kappa shape index (κ2) is 11.2. The number of amides is 1. The van der Waals surface area contributed by atoms with E-state index in [2.05, 4.69) is 40.9 Å². The molecule has 1 atom stereocenters. The summed E-state index contributed by atoms with van der Waals surface area (Å²) in [5.41, 5.74) is 2.69. The highest BCUT2D eigenvalue weighted by Crippen LogP contribution is 2.12. The Kier molecular flexibility index (Phi) is 9.02. The molecule has 0 saturated heterocycles. The maximum Gasteiger partial charge on any atom is 0.251 e. The molecule has 0 aromatic heterocycles. The highest BCUT2D eigenvalue weighted by Gasteiger charge is 2.17. The average Bonchev–Trinajstić information content (AvgIpc) is 2.76. The number of sulfonamides is 1. The van der Waals surface area contributed by atoms with E-state index in [1.165, 1.54) is 29.8 Å². The molecule has 0 aliphatic carbocycles. The number of carbonyl (C=O) groups is 1. The zero-order valence-corrected chi connectivity index (χ0v) is 19.1. The Morgan fingerprint density at radius 2 is 1.50 bits per heavy atom. The molecule has 0 aliphatic heterocycles. The Labute approximate surface area is 180 Å². The molecule has 0 bridgehead atoms. The molecule has 0 saturated carbocycles. The number of hydrogen-bond acceptors (Lipinski definition) is 4. The molecule has 0 aliphatic rings. The van der Waals surface area contributed by atoms with E-state index in [9.17, 15) is 13.2 Å². The molecule has 2 aromatic rings. The fourth-order valence-electron chi connectivity index (χ4n) is 2.95. The van der Waals surface area contributed by atoms with Gasteiger partial charge in [0, 0.05) is 24.7 Å². The maximum absolute atomic E-state index is 12.4. The van der Waals surface area contributed by atoms with E-state index in [0.717, 1.165) is 25.2 Å². The fourth-order valence-corrected chi connectivity index (χ4v) is 4.28. The Bertz CT molecular complexity index is 906. The van der Waals surface area contributed by atoms with Crippen LogP contribution in [-0.4, -0.2) is 38.4 Å². The highest BCUT2D eigenvalue weighted by molar-refractivity contribution is 7.89. The van der Waals surface area contributed by atoms with Gasteiger partial charge < -0.3 is 5.32 Å². The van der Waals surface area contributed by atoms with Crippen LogP contribution in [0.25, 0.3) is 0 Å². The third kappa shape index (κ3) is 6.93. The summed E-state index contributed by atoms with van der Waals surface area (Å²) in [7, 11) is -3.57. The van der Waals surface area contributed by atoms with Crippen molar-refractivity contribution in [1.82, 2.24) is 14.9 Å². The smallest absolute Gasteiger partial charge is 0.251 e. The number of benzene rings is 2. The maximum atomic E-state index is 12.4. The monoisotopic (exact) mass is 431 g/mol. The molecular weight excluding hydrogens is 398 g/mol. The summed E-state index contributed by atoms with van der Waals surface area (Å²) < 4.78 is 27.2. The van der Waals surface area contributed by atoms with Gasteiger partial charge in [0.15, 0.2) is 0 Å². The predicted molar refractivity (Wildman–Crippen MR) is 121 cm³/mol. The van der Waals surface area contributed by atoms with Gasteiger partial charge >= 0.3 is 0 Å². The number of nitrogens with one attached hydrogen (secondary N) is 2. The molecular formula is C23H33N3O3S. The number of rotatable bonds is 11. The average molecular weight is 432 g/mol. The minimum atomic E-state index is -3.57. The largest absolute Gasteiger partial charge is 0.348 e. The summed E-state index contributed by atoms with van der Waals surface area (Å²) >= 11 is 0. The lowest BCUT2D eigenvalue weighted by molar-refractivity contribution is 0.0951. The third-order valence-electron chi connectivity index (χ3n) is 5.17. The van der Waals surface area contributed by atoms with E-state index >= 15 is 0 Å². The van der Waals surface area contributed by atoms with Gasteiger partial charge in [-0.1, -0.05) is 45.0 Å². The predicted octanol–water partition coefficient (Wildman–Crippen LogP) is 3.54. The molecule has 2 rings (SSSR count). The topological polar surface area (TPSA) is 78.5 Å². The van der Waals surface area contributed by atoms with Crippen molar-refractivity contribution in [2.75, 3.05) is 13.1 Å². The Hall–Kier alpha value is -2.22. The molecule has 0 heterocycles. The first-order chi connectivity index (χ1) is 14.3. The first kappa shape index (κ1) is 24.1. The van der Waals surface area contributed by atoms with E-state index < -0.39 is 10.0 Å². The lowest BCUT2D eigenvalue weighted by Crippen LogP contribution is -2.32. The molecule has 7 heteroatoms. The van der Waals surface area contributed by atoms with Crippen molar-refractivity contribution in [1.29, 1.82) is 0 Å². The lowest BCUT2D eigenvalue weighted by atomic mass is 10.1. The highest BCUT2D eigenvalue weighted by atomic mass is 32.2. The molecule has 2 aromatic carbocycles. The van der Waals surface area contributed by atoms with Gasteiger partial charge in [-0.05, 0) is 61.8 Å². The molecule has 6 nitrogen and oxygen atoms in total. The van der Waals surface area contributed by atoms with Crippen LogP contribution in [0.15, 0.2) is 53.4 Å². The molecule has 0 spiro atoms. The second-order valence-corrected chi connectivity index (χ2v) is 9.13. The number of carbonyl (C=O) groups excluding carboxylic acids is 1. The Morgan fingerprint density at radius 3 is 2.03 bits per heavy atom. The van der Waals surface area contributed by atoms with Crippen LogP contribution in [0.1, 0.15) is 55.6 Å². The quantitative estimate of drug-likeness (QED) is 0.570. The van der Waals surface area contributed by atoms with Crippen molar-refractivity contribution in [3.05, 3.63) is 65.2 Å². The van der Waals surface area contributed by atoms with Crippen molar-refractivity contribution >= 4 is 15.9 Å². The van der Waals surface area contributed by atoms with Crippen LogP contribution in [0.2, 0.25) is 0 Å². The summed E-state index contributed by atoms with van der Waals surface area (Å²) in [6, 6.07) is 14.1. The molecule has 0 fully saturated rings. The van der Waals surface area contributed by atoms with Crippen LogP contribution in [-0.2, 0) is 23.1 Å². The molecule has 2 N–H and O–H groups in total. The third-order valence-corrected chi connectivity index (χ3v) is 6.78. The number of nitrogens with zero attached hydrogens (tertiary/aromatic N) is 1. The first-order valence-corrected chi connectivity index (χ1v) is 12.0. The van der Waals surface area contributed by atoms with Crippen molar-refractivity contribution in [2.24, 2.45) is 0 Å². The van der Waals surface area contributed by atoms with Crippen LogP contribution in [0, 0.1) is 0 Å². The van der Waals surface area contributed by atoms with Gasteiger partial charge in [-0.15, -0.1) is 0 Å². The Morgan fingerprint density at radius 1 is 0.933 bits per heavy atom. The van der Waals surface area contributed by atoms with Gasteiger partial charge in [0.1, 0.15) is 0 Å². The van der Waals surface area contributed by atoms with E-state index in [1.807, 2.05) is 26.0 Å². The number of hydrogen-bond donors (Lipinski definition) is 2.